The smallest absolute Gasteiger partial charge is 0.170 e. The molecule has 1 N–H and O–H groups in total. The van der Waals surface area contributed by atoms with Crippen LogP contribution in [-0.2, 0) is 4.74 Å². The zero-order valence-corrected chi connectivity index (χ0v) is 17.0. The molecule has 1 aromatic carbocycles. The summed E-state index contributed by atoms with van der Waals surface area (Å²) in [7, 11) is 3.25. The molecule has 0 radical (unpaired) electrons. The van der Waals surface area contributed by atoms with Gasteiger partial charge in [0, 0.05) is 32.2 Å². The predicted octanol–water partition coefficient (Wildman–Crippen LogP) is 1.89. The molecule has 29 heavy (non-hydrogen) atoms. The third kappa shape index (κ3) is 3.96. The Labute approximate surface area is 169 Å². The molecule has 1 aliphatic rings. The molecule has 0 aliphatic carbocycles. The van der Waals surface area contributed by atoms with Crippen LogP contribution in [0.3, 0.4) is 0 Å². The Morgan fingerprint density at radius 1 is 1.10 bits per heavy atom. The van der Waals surface area contributed by atoms with Crippen molar-refractivity contribution >= 4 is 17.0 Å². The number of nitrogens with zero attached hydrogens (tertiary/aromatic N) is 5. The summed E-state index contributed by atoms with van der Waals surface area (Å²) < 4.78 is 18.2. The monoisotopic (exact) mass is 398 g/mol. The Bertz CT molecular complexity index is 984. The van der Waals surface area contributed by atoms with Gasteiger partial charge < -0.3 is 19.5 Å². The summed E-state index contributed by atoms with van der Waals surface area (Å²) in [6.07, 6.45) is 1.57. The van der Waals surface area contributed by atoms with Crippen LogP contribution < -0.4 is 14.8 Å². The molecule has 0 unspecified atom stereocenters. The van der Waals surface area contributed by atoms with Gasteiger partial charge in [0.25, 0.3) is 0 Å². The van der Waals surface area contributed by atoms with Crippen molar-refractivity contribution in [3.05, 3.63) is 30.4 Å². The fourth-order valence-electron chi connectivity index (χ4n) is 3.56. The van der Waals surface area contributed by atoms with Crippen LogP contribution in [-0.4, -0.2) is 78.0 Å². The van der Waals surface area contributed by atoms with E-state index in [-0.39, 0.29) is 0 Å². The molecule has 0 bridgehead atoms. The molecule has 3 heterocycles. The van der Waals surface area contributed by atoms with Crippen LogP contribution in [0.15, 0.2) is 24.5 Å². The van der Waals surface area contributed by atoms with E-state index in [9.17, 15) is 0 Å². The molecule has 0 spiro atoms. The second kappa shape index (κ2) is 8.62. The van der Waals surface area contributed by atoms with Crippen molar-refractivity contribution in [2.75, 3.05) is 58.9 Å². The summed E-state index contributed by atoms with van der Waals surface area (Å²) in [5, 5.41) is 3.41. The van der Waals surface area contributed by atoms with Crippen LogP contribution in [0, 0.1) is 6.92 Å². The first kappa shape index (κ1) is 19.4. The van der Waals surface area contributed by atoms with Gasteiger partial charge in [0.15, 0.2) is 28.5 Å². The molecule has 9 heteroatoms. The standard InChI is InChI=1S/C20H26N6O3/c1-14-24-18-19(21-6-7-25-8-10-29-11-9-25)22-13-23-20(18)26(14)15-4-5-16(27-2)17(12-15)28-3/h4-5,12-13H,6-11H2,1-3H3,(H,21,22,23). The van der Waals surface area contributed by atoms with E-state index < -0.39 is 0 Å². The zero-order valence-electron chi connectivity index (χ0n) is 17.0. The molecular formula is C20H26N6O3. The number of rotatable bonds is 7. The van der Waals surface area contributed by atoms with Crippen molar-refractivity contribution in [2.45, 2.75) is 6.92 Å². The number of morpholine rings is 1. The minimum Gasteiger partial charge on any atom is -0.493 e. The summed E-state index contributed by atoms with van der Waals surface area (Å²) in [5.41, 5.74) is 2.40. The average molecular weight is 398 g/mol. The molecule has 0 saturated carbocycles. The first-order chi connectivity index (χ1) is 14.2. The number of methoxy groups -OCH3 is 2. The zero-order chi connectivity index (χ0) is 20.2. The van der Waals surface area contributed by atoms with E-state index in [1.165, 1.54) is 0 Å². The summed E-state index contributed by atoms with van der Waals surface area (Å²) in [6.45, 7) is 7.20. The predicted molar refractivity (Wildman–Crippen MR) is 110 cm³/mol. The van der Waals surface area contributed by atoms with Crippen LogP contribution in [0.5, 0.6) is 11.5 Å². The van der Waals surface area contributed by atoms with Crippen LogP contribution in [0.25, 0.3) is 16.9 Å². The maximum atomic E-state index is 5.44. The van der Waals surface area contributed by atoms with E-state index in [2.05, 4.69) is 20.2 Å². The fourth-order valence-corrected chi connectivity index (χ4v) is 3.56. The van der Waals surface area contributed by atoms with Gasteiger partial charge in [0.05, 0.1) is 33.1 Å². The highest BCUT2D eigenvalue weighted by Gasteiger charge is 2.17. The quantitative estimate of drug-likeness (QED) is 0.646. The van der Waals surface area contributed by atoms with Gasteiger partial charge in [0.1, 0.15) is 12.2 Å². The van der Waals surface area contributed by atoms with Gasteiger partial charge in [-0.15, -0.1) is 0 Å². The number of aryl methyl sites for hydroxylation is 1. The van der Waals surface area contributed by atoms with Crippen LogP contribution in [0.1, 0.15) is 5.82 Å². The van der Waals surface area contributed by atoms with Crippen LogP contribution in [0.4, 0.5) is 5.82 Å². The Morgan fingerprint density at radius 2 is 1.90 bits per heavy atom. The third-order valence-corrected chi connectivity index (χ3v) is 5.06. The van der Waals surface area contributed by atoms with Crippen LogP contribution >= 0.6 is 0 Å². The number of ether oxygens (including phenoxy) is 3. The van der Waals surface area contributed by atoms with E-state index in [0.717, 1.165) is 67.9 Å². The van der Waals surface area contributed by atoms with E-state index >= 15 is 0 Å². The number of hydrogen-bond donors (Lipinski definition) is 1. The summed E-state index contributed by atoms with van der Waals surface area (Å²) in [6, 6.07) is 5.76. The van der Waals surface area contributed by atoms with Gasteiger partial charge in [-0.3, -0.25) is 9.47 Å². The maximum absolute atomic E-state index is 5.44. The summed E-state index contributed by atoms with van der Waals surface area (Å²) in [5.74, 6) is 2.90. The second-order valence-electron chi connectivity index (χ2n) is 6.81. The molecule has 1 aliphatic heterocycles. The molecule has 1 saturated heterocycles. The molecular weight excluding hydrogens is 372 g/mol. The first-order valence-corrected chi connectivity index (χ1v) is 9.67. The summed E-state index contributed by atoms with van der Waals surface area (Å²) in [4.78, 5) is 16.0. The Hall–Kier alpha value is -2.91. The van der Waals surface area contributed by atoms with E-state index in [4.69, 9.17) is 19.2 Å². The number of imidazole rings is 1. The van der Waals surface area contributed by atoms with Crippen molar-refractivity contribution < 1.29 is 14.2 Å². The highest BCUT2D eigenvalue weighted by atomic mass is 16.5. The number of hydrogen-bond acceptors (Lipinski definition) is 8. The van der Waals surface area contributed by atoms with Gasteiger partial charge in [-0.1, -0.05) is 0 Å². The van der Waals surface area contributed by atoms with Gasteiger partial charge in [0.2, 0.25) is 0 Å². The van der Waals surface area contributed by atoms with Gasteiger partial charge in [-0.2, -0.15) is 0 Å². The molecule has 0 atom stereocenters. The normalized spacial score (nSPS) is 14.9. The highest BCUT2D eigenvalue weighted by molar-refractivity contribution is 5.84. The Morgan fingerprint density at radius 3 is 2.66 bits per heavy atom. The topological polar surface area (TPSA) is 86.6 Å². The minimum absolute atomic E-state index is 0.657. The largest absolute Gasteiger partial charge is 0.493 e. The third-order valence-electron chi connectivity index (χ3n) is 5.06. The SMILES string of the molecule is COc1ccc(-n2c(C)nc3c(NCCN4CCOCC4)ncnc32)cc1OC. The summed E-state index contributed by atoms with van der Waals surface area (Å²) >= 11 is 0. The number of benzene rings is 1. The molecule has 4 rings (SSSR count). The van der Waals surface area contributed by atoms with Crippen molar-refractivity contribution in [2.24, 2.45) is 0 Å². The van der Waals surface area contributed by atoms with Gasteiger partial charge in [-0.05, 0) is 19.1 Å². The number of aromatic nitrogens is 4. The van der Waals surface area contributed by atoms with Crippen molar-refractivity contribution in [3.63, 3.8) is 0 Å². The molecule has 1 fully saturated rings. The van der Waals surface area contributed by atoms with E-state index in [0.29, 0.717) is 11.5 Å². The van der Waals surface area contributed by atoms with Crippen molar-refractivity contribution in [1.29, 1.82) is 0 Å². The molecule has 154 valence electrons. The Kier molecular flexibility index (Phi) is 5.77. The maximum Gasteiger partial charge on any atom is 0.170 e. The molecule has 9 nitrogen and oxygen atoms in total. The first-order valence-electron chi connectivity index (χ1n) is 9.67. The lowest BCUT2D eigenvalue weighted by atomic mass is 10.2. The number of anilines is 1. The number of fused-ring (bicyclic) bond motifs is 1. The second-order valence-corrected chi connectivity index (χ2v) is 6.81. The van der Waals surface area contributed by atoms with Crippen molar-refractivity contribution in [1.82, 2.24) is 24.4 Å². The molecule has 3 aromatic rings. The van der Waals surface area contributed by atoms with Crippen LogP contribution in [0.2, 0.25) is 0 Å². The highest BCUT2D eigenvalue weighted by Crippen LogP contribution is 2.31. The fraction of sp³-hybridized carbons (Fsp3) is 0.450. The Balaban J connectivity index is 1.60. The number of nitrogens with one attached hydrogen (secondary N) is 1. The average Bonchev–Trinajstić information content (AvgIpc) is 3.10. The van der Waals surface area contributed by atoms with E-state index in [1.54, 1.807) is 20.5 Å². The molecule has 2 aromatic heterocycles. The lowest BCUT2D eigenvalue weighted by Crippen LogP contribution is -2.39. The van der Waals surface area contributed by atoms with Gasteiger partial charge >= 0.3 is 0 Å². The van der Waals surface area contributed by atoms with Crippen molar-refractivity contribution in [3.8, 4) is 17.2 Å². The van der Waals surface area contributed by atoms with Gasteiger partial charge in [-0.25, -0.2) is 15.0 Å². The minimum atomic E-state index is 0.657. The lowest BCUT2D eigenvalue weighted by molar-refractivity contribution is 0.0398. The lowest BCUT2D eigenvalue weighted by Gasteiger charge is -2.26. The van der Waals surface area contributed by atoms with E-state index in [1.807, 2.05) is 29.7 Å². The molecule has 0 amide bonds.